The van der Waals surface area contributed by atoms with Crippen LogP contribution in [0.3, 0.4) is 0 Å². The van der Waals surface area contributed by atoms with Crippen LogP contribution in [0.2, 0.25) is 0 Å². The Morgan fingerprint density at radius 2 is 1.06 bits per heavy atom. The number of nitrogens with zero attached hydrogens (tertiary/aromatic N) is 1. The van der Waals surface area contributed by atoms with Gasteiger partial charge in [-0.25, -0.2) is 0 Å². The van der Waals surface area contributed by atoms with Gasteiger partial charge in [0.15, 0.2) is 12.6 Å². The van der Waals surface area contributed by atoms with Crippen molar-refractivity contribution in [1.82, 2.24) is 0 Å². The van der Waals surface area contributed by atoms with Crippen LogP contribution in [-0.2, 0) is 23.7 Å². The third-order valence-electron chi connectivity index (χ3n) is 8.96. The summed E-state index contributed by atoms with van der Waals surface area (Å²) in [6, 6.07) is 0. The second kappa shape index (κ2) is 24.0. The summed E-state index contributed by atoms with van der Waals surface area (Å²) >= 11 is 0. The van der Waals surface area contributed by atoms with Crippen molar-refractivity contribution in [3.63, 3.8) is 0 Å². The highest BCUT2D eigenvalue weighted by atomic mass is 35.5. The van der Waals surface area contributed by atoms with Gasteiger partial charge in [0.2, 0.25) is 0 Å². The molecule has 0 spiro atoms. The molecule has 0 amide bonds. The van der Waals surface area contributed by atoms with Crippen molar-refractivity contribution >= 4 is 0 Å². The van der Waals surface area contributed by atoms with E-state index in [0.717, 1.165) is 38.6 Å². The summed E-state index contributed by atoms with van der Waals surface area (Å²) in [5, 5.41) is 73.2. The monoisotopic (exact) mass is 703 g/mol. The molecule has 0 radical (unpaired) electrons. The van der Waals surface area contributed by atoms with Crippen LogP contribution in [-0.4, -0.2) is 161 Å². The SMILES string of the molecule is CCCCCCCCCCCCO[C@@H]1O[C@H](CO[C@H]2O[C@H](COCC(O)C[N+](C)(C)CCCC)[C@@H](O)[C@H](O)[C@H]2O)[C@@H](O)[C@H](O)[C@H]1O.[Cl-]. The average Bonchev–Trinajstić information content (AvgIpc) is 3.02. The number of aliphatic hydroxyl groups excluding tert-OH is 7. The van der Waals surface area contributed by atoms with Crippen LogP contribution in [0.1, 0.15) is 90.9 Å². The molecule has 14 heteroatoms. The number of quaternary nitrogens is 1. The van der Waals surface area contributed by atoms with Crippen molar-refractivity contribution in [3.05, 3.63) is 0 Å². The fraction of sp³-hybridized carbons (Fsp3) is 1.00. The predicted octanol–water partition coefficient (Wildman–Crippen LogP) is -2.19. The minimum Gasteiger partial charge on any atom is -1.00 e. The van der Waals surface area contributed by atoms with E-state index in [2.05, 4.69) is 13.8 Å². The highest BCUT2D eigenvalue weighted by molar-refractivity contribution is 4.91. The van der Waals surface area contributed by atoms with Crippen LogP contribution < -0.4 is 12.4 Å². The second-order valence-corrected chi connectivity index (χ2v) is 13.8. The summed E-state index contributed by atoms with van der Waals surface area (Å²) in [6.45, 7) is 5.49. The third kappa shape index (κ3) is 16.1. The van der Waals surface area contributed by atoms with Gasteiger partial charge in [0.25, 0.3) is 0 Å². The molecular formula is C33H66ClNO12. The number of likely N-dealkylation sites (N-methyl/N-ethyl adjacent to an activating group) is 1. The number of halogens is 1. The number of ether oxygens (including phenoxy) is 5. The minimum atomic E-state index is -1.62. The van der Waals surface area contributed by atoms with Gasteiger partial charge in [-0.1, -0.05) is 78.1 Å². The average molecular weight is 704 g/mol. The molecule has 282 valence electrons. The summed E-state index contributed by atoms with van der Waals surface area (Å²) in [4.78, 5) is 0. The molecule has 13 nitrogen and oxygen atoms in total. The number of hydrogen-bond acceptors (Lipinski definition) is 12. The molecule has 2 aliphatic rings. The third-order valence-corrected chi connectivity index (χ3v) is 8.96. The van der Waals surface area contributed by atoms with E-state index in [1.54, 1.807) is 0 Å². The van der Waals surface area contributed by atoms with E-state index >= 15 is 0 Å². The summed E-state index contributed by atoms with van der Waals surface area (Å²) < 4.78 is 29.0. The molecule has 0 aliphatic carbocycles. The van der Waals surface area contributed by atoms with Gasteiger partial charge >= 0.3 is 0 Å². The Hall–Kier alpha value is -0.230. The zero-order valence-corrected chi connectivity index (χ0v) is 29.8. The lowest BCUT2D eigenvalue weighted by Gasteiger charge is -2.43. The molecule has 0 aromatic carbocycles. The molecule has 0 bridgehead atoms. The van der Waals surface area contributed by atoms with Gasteiger partial charge in [-0.05, 0) is 12.8 Å². The van der Waals surface area contributed by atoms with Gasteiger partial charge in [0.05, 0.1) is 40.5 Å². The quantitative estimate of drug-likeness (QED) is 0.0426. The van der Waals surface area contributed by atoms with Crippen molar-refractivity contribution in [2.45, 2.75) is 158 Å². The van der Waals surface area contributed by atoms with E-state index in [1.807, 2.05) is 14.1 Å². The summed E-state index contributed by atoms with van der Waals surface area (Å²) in [5.74, 6) is 0. The van der Waals surface area contributed by atoms with Crippen LogP contribution in [0, 0.1) is 0 Å². The number of unbranched alkanes of at least 4 members (excludes halogenated alkanes) is 10. The standard InChI is InChI=1S/C33H66NO12.ClH/c1-5-7-9-10-11-12-13-14-15-16-18-43-32-30(40)29(39)27(37)25(46-32)22-44-33-31(41)28(38)26(36)24(45-33)21-42-20-23(35)19-34(3,4)17-8-6-2;/h23-33,35-41H,5-22H2,1-4H3;1H/q+1;/p-1/t23?,24-,25-,26-,27-,28+,29+,30-,31-,32-,33+;/m1./s1. The number of aliphatic hydroxyl groups is 7. The lowest BCUT2D eigenvalue weighted by molar-refractivity contribution is -0.893. The van der Waals surface area contributed by atoms with E-state index in [-0.39, 0.29) is 32.2 Å². The predicted molar refractivity (Wildman–Crippen MR) is 171 cm³/mol. The molecule has 11 atom stereocenters. The lowest BCUT2D eigenvalue weighted by Crippen LogP contribution is -3.00. The molecule has 2 rings (SSSR count). The molecule has 0 aromatic heterocycles. The van der Waals surface area contributed by atoms with Gasteiger partial charge in [0, 0.05) is 6.61 Å². The van der Waals surface area contributed by atoms with Gasteiger partial charge in [0.1, 0.15) is 61.5 Å². The van der Waals surface area contributed by atoms with Crippen molar-refractivity contribution in [3.8, 4) is 0 Å². The molecule has 0 aromatic rings. The molecule has 7 N–H and O–H groups in total. The first kappa shape index (κ1) is 44.8. The maximum Gasteiger partial charge on any atom is 0.186 e. The highest BCUT2D eigenvalue weighted by Gasteiger charge is 2.47. The van der Waals surface area contributed by atoms with Crippen molar-refractivity contribution in [2.75, 3.05) is 53.6 Å². The van der Waals surface area contributed by atoms with E-state index in [1.165, 1.54) is 44.9 Å². The zero-order chi connectivity index (χ0) is 34.1. The Morgan fingerprint density at radius 1 is 0.596 bits per heavy atom. The molecule has 47 heavy (non-hydrogen) atoms. The summed E-state index contributed by atoms with van der Waals surface area (Å²) in [5.41, 5.74) is 0. The molecule has 1 unspecified atom stereocenters. The summed E-state index contributed by atoms with van der Waals surface area (Å²) in [6.07, 6.45) is -1.03. The fourth-order valence-corrected chi connectivity index (χ4v) is 5.98. The van der Waals surface area contributed by atoms with Gasteiger partial charge in [-0.15, -0.1) is 0 Å². The Kier molecular flexibility index (Phi) is 22.9. The zero-order valence-electron chi connectivity index (χ0n) is 29.1. The van der Waals surface area contributed by atoms with Gasteiger partial charge in [-0.2, -0.15) is 0 Å². The van der Waals surface area contributed by atoms with Gasteiger partial charge < -0.3 is 76.3 Å². The van der Waals surface area contributed by atoms with Crippen molar-refractivity contribution in [1.29, 1.82) is 0 Å². The molecule has 2 saturated heterocycles. The minimum absolute atomic E-state index is 0. The highest BCUT2D eigenvalue weighted by Crippen LogP contribution is 2.26. The molecule has 0 saturated carbocycles. The van der Waals surface area contributed by atoms with Crippen LogP contribution in [0.4, 0.5) is 0 Å². The fourth-order valence-electron chi connectivity index (χ4n) is 5.98. The summed E-state index contributed by atoms with van der Waals surface area (Å²) in [7, 11) is 4.07. The second-order valence-electron chi connectivity index (χ2n) is 13.8. The number of hydrogen-bond donors (Lipinski definition) is 7. The van der Waals surface area contributed by atoms with Crippen LogP contribution in [0.5, 0.6) is 0 Å². The largest absolute Gasteiger partial charge is 1.00 e. The Bertz CT molecular complexity index is 786. The van der Waals surface area contributed by atoms with Crippen LogP contribution in [0.15, 0.2) is 0 Å². The van der Waals surface area contributed by atoms with Gasteiger partial charge in [-0.3, -0.25) is 0 Å². The first-order valence-electron chi connectivity index (χ1n) is 17.6. The van der Waals surface area contributed by atoms with Crippen molar-refractivity contribution < 1.29 is 76.3 Å². The smallest absolute Gasteiger partial charge is 0.186 e. The molecule has 2 aliphatic heterocycles. The van der Waals surface area contributed by atoms with E-state index in [0.29, 0.717) is 17.6 Å². The van der Waals surface area contributed by atoms with Crippen molar-refractivity contribution in [2.24, 2.45) is 0 Å². The van der Waals surface area contributed by atoms with E-state index in [9.17, 15) is 35.7 Å². The van der Waals surface area contributed by atoms with E-state index in [4.69, 9.17) is 23.7 Å². The van der Waals surface area contributed by atoms with E-state index < -0.39 is 67.5 Å². The lowest BCUT2D eigenvalue weighted by atomic mass is 9.98. The van der Waals surface area contributed by atoms with Crippen LogP contribution in [0.25, 0.3) is 0 Å². The Balaban J connectivity index is 0.0000110. The number of rotatable bonds is 24. The maximum absolute atomic E-state index is 10.5. The first-order chi connectivity index (χ1) is 21.9. The Labute approximate surface area is 288 Å². The topological polar surface area (TPSA) is 188 Å². The first-order valence-corrected chi connectivity index (χ1v) is 17.6. The molecule has 2 fully saturated rings. The van der Waals surface area contributed by atoms with Crippen LogP contribution >= 0.6 is 0 Å². The molecule has 2 heterocycles. The normalized spacial score (nSPS) is 32.2. The maximum atomic E-state index is 10.5. The molecular weight excluding hydrogens is 638 g/mol. The Morgan fingerprint density at radius 3 is 1.60 bits per heavy atom.